The molecule has 5 nitrogen and oxygen atoms in total. The average Bonchev–Trinajstić information content (AvgIpc) is 2.48. The highest BCUT2D eigenvalue weighted by Gasteiger charge is 2.13. The third-order valence-corrected chi connectivity index (χ3v) is 3.17. The van der Waals surface area contributed by atoms with Crippen LogP contribution in [0.2, 0.25) is 5.02 Å². The van der Waals surface area contributed by atoms with Crippen molar-refractivity contribution in [1.82, 2.24) is 0 Å². The maximum atomic E-state index is 12.2. The first-order valence-electron chi connectivity index (χ1n) is 6.13. The fourth-order valence-electron chi connectivity index (χ4n) is 1.83. The van der Waals surface area contributed by atoms with Gasteiger partial charge in [-0.05, 0) is 18.2 Å². The third-order valence-electron chi connectivity index (χ3n) is 2.87. The van der Waals surface area contributed by atoms with E-state index in [-0.39, 0.29) is 5.91 Å². The SMILES string of the molecule is COc1cc(NC(=O)c2cccc(N)c2)c(OC)cc1Cl. The minimum absolute atomic E-state index is 0.301. The van der Waals surface area contributed by atoms with Crippen molar-refractivity contribution >= 4 is 28.9 Å². The van der Waals surface area contributed by atoms with Crippen LogP contribution in [-0.2, 0) is 0 Å². The van der Waals surface area contributed by atoms with E-state index in [1.54, 1.807) is 36.4 Å². The maximum absolute atomic E-state index is 12.2. The lowest BCUT2D eigenvalue weighted by Crippen LogP contribution is -2.13. The van der Waals surface area contributed by atoms with Crippen molar-refractivity contribution in [3.05, 3.63) is 47.0 Å². The Morgan fingerprint density at radius 2 is 1.86 bits per heavy atom. The first-order chi connectivity index (χ1) is 10.0. The van der Waals surface area contributed by atoms with Gasteiger partial charge in [-0.1, -0.05) is 17.7 Å². The molecule has 0 aromatic heterocycles. The van der Waals surface area contributed by atoms with Crippen molar-refractivity contribution in [1.29, 1.82) is 0 Å². The van der Waals surface area contributed by atoms with E-state index in [0.29, 0.717) is 33.5 Å². The van der Waals surface area contributed by atoms with Crippen molar-refractivity contribution < 1.29 is 14.3 Å². The van der Waals surface area contributed by atoms with E-state index >= 15 is 0 Å². The molecule has 0 radical (unpaired) electrons. The van der Waals surface area contributed by atoms with E-state index in [4.69, 9.17) is 26.8 Å². The Hall–Kier alpha value is -2.40. The first kappa shape index (κ1) is 15.0. The smallest absolute Gasteiger partial charge is 0.255 e. The second-order valence-corrected chi connectivity index (χ2v) is 4.67. The van der Waals surface area contributed by atoms with Crippen LogP contribution in [0.15, 0.2) is 36.4 Å². The highest BCUT2D eigenvalue weighted by molar-refractivity contribution is 6.32. The van der Waals surface area contributed by atoms with Crippen LogP contribution in [-0.4, -0.2) is 20.1 Å². The number of halogens is 1. The van der Waals surface area contributed by atoms with E-state index in [9.17, 15) is 4.79 Å². The molecule has 1 amide bonds. The molecule has 21 heavy (non-hydrogen) atoms. The summed E-state index contributed by atoms with van der Waals surface area (Å²) in [5.74, 6) is 0.586. The molecule has 0 saturated carbocycles. The number of rotatable bonds is 4. The van der Waals surface area contributed by atoms with Gasteiger partial charge in [-0.25, -0.2) is 0 Å². The van der Waals surface area contributed by atoms with Crippen LogP contribution >= 0.6 is 11.6 Å². The lowest BCUT2D eigenvalue weighted by molar-refractivity contribution is 0.102. The van der Waals surface area contributed by atoms with Crippen molar-refractivity contribution in [3.8, 4) is 11.5 Å². The van der Waals surface area contributed by atoms with Crippen LogP contribution in [0.5, 0.6) is 11.5 Å². The molecule has 0 fully saturated rings. The van der Waals surface area contributed by atoms with Crippen molar-refractivity contribution in [3.63, 3.8) is 0 Å². The summed E-state index contributed by atoms with van der Waals surface area (Å²) in [6.45, 7) is 0. The topological polar surface area (TPSA) is 73.6 Å². The van der Waals surface area contributed by atoms with Gasteiger partial charge < -0.3 is 20.5 Å². The third kappa shape index (κ3) is 3.38. The zero-order valence-corrected chi connectivity index (χ0v) is 12.4. The molecule has 110 valence electrons. The van der Waals surface area contributed by atoms with Crippen molar-refractivity contribution in [2.75, 3.05) is 25.3 Å². The van der Waals surface area contributed by atoms with E-state index < -0.39 is 0 Å². The number of nitrogens with one attached hydrogen (secondary N) is 1. The minimum Gasteiger partial charge on any atom is -0.495 e. The van der Waals surface area contributed by atoms with Gasteiger partial charge >= 0.3 is 0 Å². The number of carbonyl (C=O) groups is 1. The average molecular weight is 307 g/mol. The molecule has 2 aromatic carbocycles. The molecule has 0 unspecified atom stereocenters. The van der Waals surface area contributed by atoms with Gasteiger partial charge in [0.1, 0.15) is 11.5 Å². The second kappa shape index (κ2) is 6.37. The number of amides is 1. The molecule has 0 heterocycles. The summed E-state index contributed by atoms with van der Waals surface area (Å²) in [7, 11) is 2.99. The number of carbonyl (C=O) groups excluding carboxylic acids is 1. The predicted molar refractivity (Wildman–Crippen MR) is 83.4 cm³/mol. The highest BCUT2D eigenvalue weighted by Crippen LogP contribution is 2.36. The van der Waals surface area contributed by atoms with E-state index in [0.717, 1.165) is 0 Å². The quantitative estimate of drug-likeness (QED) is 0.851. The van der Waals surface area contributed by atoms with E-state index in [1.807, 2.05) is 0 Å². The molecule has 3 N–H and O–H groups in total. The van der Waals surface area contributed by atoms with Crippen LogP contribution in [0.3, 0.4) is 0 Å². The summed E-state index contributed by atoms with van der Waals surface area (Å²) in [5, 5.41) is 3.15. The minimum atomic E-state index is -0.301. The van der Waals surface area contributed by atoms with Gasteiger partial charge in [-0.3, -0.25) is 4.79 Å². The zero-order valence-electron chi connectivity index (χ0n) is 11.6. The number of nitrogen functional groups attached to an aromatic ring is 1. The molecule has 0 aliphatic rings. The molecule has 0 aliphatic heterocycles. The fraction of sp³-hybridized carbons (Fsp3) is 0.133. The van der Waals surface area contributed by atoms with Gasteiger partial charge in [0.15, 0.2) is 0 Å². The number of methoxy groups -OCH3 is 2. The largest absolute Gasteiger partial charge is 0.495 e. The first-order valence-corrected chi connectivity index (χ1v) is 6.51. The molecule has 0 aliphatic carbocycles. The van der Waals surface area contributed by atoms with Crippen molar-refractivity contribution in [2.45, 2.75) is 0 Å². The van der Waals surface area contributed by atoms with Crippen LogP contribution in [0, 0.1) is 0 Å². The Kier molecular flexibility index (Phi) is 4.55. The summed E-state index contributed by atoms with van der Waals surface area (Å²) in [4.78, 5) is 12.2. The van der Waals surface area contributed by atoms with Gasteiger partial charge in [0.25, 0.3) is 5.91 Å². The highest BCUT2D eigenvalue weighted by atomic mass is 35.5. The van der Waals surface area contributed by atoms with Crippen LogP contribution < -0.4 is 20.5 Å². The molecular weight excluding hydrogens is 292 g/mol. The molecule has 0 saturated heterocycles. The molecular formula is C15H15ClN2O3. The van der Waals surface area contributed by atoms with Crippen LogP contribution in [0.1, 0.15) is 10.4 Å². The number of hydrogen-bond acceptors (Lipinski definition) is 4. The molecule has 0 bridgehead atoms. The molecule has 2 rings (SSSR count). The Bertz CT molecular complexity index is 674. The Morgan fingerprint density at radius 1 is 1.14 bits per heavy atom. The van der Waals surface area contributed by atoms with Crippen molar-refractivity contribution in [2.24, 2.45) is 0 Å². The van der Waals surface area contributed by atoms with Gasteiger partial charge in [0, 0.05) is 23.4 Å². The Morgan fingerprint density at radius 3 is 2.48 bits per heavy atom. The van der Waals surface area contributed by atoms with Gasteiger partial charge in [-0.15, -0.1) is 0 Å². The number of hydrogen-bond donors (Lipinski definition) is 2. The van der Waals surface area contributed by atoms with Gasteiger partial charge in [-0.2, -0.15) is 0 Å². The summed E-state index contributed by atoms with van der Waals surface area (Å²) in [6, 6.07) is 9.87. The zero-order chi connectivity index (χ0) is 15.4. The van der Waals surface area contributed by atoms with E-state index in [2.05, 4.69) is 5.32 Å². The maximum Gasteiger partial charge on any atom is 0.255 e. The number of benzene rings is 2. The van der Waals surface area contributed by atoms with E-state index in [1.165, 1.54) is 14.2 Å². The molecule has 0 atom stereocenters. The summed E-state index contributed by atoms with van der Waals surface area (Å²) < 4.78 is 10.3. The lowest BCUT2D eigenvalue weighted by atomic mass is 10.2. The van der Waals surface area contributed by atoms with Crippen LogP contribution in [0.4, 0.5) is 11.4 Å². The monoisotopic (exact) mass is 306 g/mol. The summed E-state index contributed by atoms with van der Waals surface area (Å²) in [6.07, 6.45) is 0. The summed E-state index contributed by atoms with van der Waals surface area (Å²) >= 11 is 6.02. The number of nitrogens with two attached hydrogens (primary N) is 1. The van der Waals surface area contributed by atoms with Crippen LogP contribution in [0.25, 0.3) is 0 Å². The second-order valence-electron chi connectivity index (χ2n) is 4.27. The fourth-order valence-corrected chi connectivity index (χ4v) is 2.06. The molecule has 6 heteroatoms. The Balaban J connectivity index is 2.32. The number of anilines is 2. The normalized spacial score (nSPS) is 10.0. The predicted octanol–water partition coefficient (Wildman–Crippen LogP) is 3.19. The Labute approximate surface area is 127 Å². The van der Waals surface area contributed by atoms with Gasteiger partial charge in [0.05, 0.1) is 24.9 Å². The van der Waals surface area contributed by atoms with Gasteiger partial charge in [0.2, 0.25) is 0 Å². The lowest BCUT2D eigenvalue weighted by Gasteiger charge is -2.13. The summed E-state index contributed by atoms with van der Waals surface area (Å²) in [5.41, 5.74) is 7.10. The standard InChI is InChI=1S/C15H15ClN2O3/c1-20-13-8-12(14(21-2)7-11(13)16)18-15(19)9-4-3-5-10(17)6-9/h3-8H,17H2,1-2H3,(H,18,19). The molecule has 0 spiro atoms. The number of ether oxygens (including phenoxy) is 2. The molecule has 2 aromatic rings.